The third kappa shape index (κ3) is 1.80. The zero-order valence-electron chi connectivity index (χ0n) is 11.3. The average molecular weight is 303 g/mol. The van der Waals surface area contributed by atoms with Crippen molar-refractivity contribution in [3.8, 4) is 11.3 Å². The van der Waals surface area contributed by atoms with Gasteiger partial charge >= 0.3 is 0 Å². The number of rotatable bonds is 1. The third-order valence-electron chi connectivity index (χ3n) is 4.07. The van der Waals surface area contributed by atoms with Gasteiger partial charge in [0.1, 0.15) is 0 Å². The van der Waals surface area contributed by atoms with Crippen LogP contribution in [-0.2, 0) is 12.8 Å². The van der Waals surface area contributed by atoms with Crippen LogP contribution in [0.15, 0.2) is 24.3 Å². The fourth-order valence-electron chi connectivity index (χ4n) is 3.06. The Morgan fingerprint density at radius 2 is 1.90 bits per heavy atom. The smallest absolute Gasteiger partial charge is 0.194 e. The van der Waals surface area contributed by atoms with Gasteiger partial charge in [0.25, 0.3) is 0 Å². The van der Waals surface area contributed by atoms with Gasteiger partial charge in [-0.2, -0.15) is 0 Å². The summed E-state index contributed by atoms with van der Waals surface area (Å²) in [6.07, 6.45) is 5.03. The van der Waals surface area contributed by atoms with Crippen LogP contribution in [0.2, 0.25) is 5.02 Å². The molecule has 0 atom stereocenters. The van der Waals surface area contributed by atoms with Crippen LogP contribution in [0.25, 0.3) is 16.2 Å². The van der Waals surface area contributed by atoms with Crippen LogP contribution in [0.4, 0.5) is 0 Å². The lowest BCUT2D eigenvalue weighted by Gasteiger charge is -2.11. The molecule has 0 unspecified atom stereocenters. The molecule has 1 aliphatic carbocycles. The Bertz CT molecular complexity index is 783. The predicted octanol–water partition coefficient (Wildman–Crippen LogP) is 4.90. The topological polar surface area (TPSA) is 17.3 Å². The highest BCUT2D eigenvalue weighted by molar-refractivity contribution is 7.17. The number of aromatic nitrogens is 2. The Balaban J connectivity index is 1.91. The van der Waals surface area contributed by atoms with Crippen LogP contribution >= 0.6 is 22.9 Å². The predicted molar refractivity (Wildman–Crippen MR) is 84.9 cm³/mol. The van der Waals surface area contributed by atoms with Crippen molar-refractivity contribution in [1.29, 1.82) is 0 Å². The van der Waals surface area contributed by atoms with Crippen LogP contribution in [0.3, 0.4) is 0 Å². The summed E-state index contributed by atoms with van der Waals surface area (Å²) >= 11 is 7.83. The zero-order valence-corrected chi connectivity index (χ0v) is 12.9. The molecule has 0 bridgehead atoms. The van der Waals surface area contributed by atoms with E-state index in [4.69, 9.17) is 16.6 Å². The minimum Gasteiger partial charge on any atom is -0.291 e. The number of benzene rings is 1. The average Bonchev–Trinajstić information content (AvgIpc) is 2.97. The first-order valence-corrected chi connectivity index (χ1v) is 8.19. The van der Waals surface area contributed by atoms with Gasteiger partial charge in [0.2, 0.25) is 0 Å². The quantitative estimate of drug-likeness (QED) is 0.625. The fourth-order valence-corrected chi connectivity index (χ4v) is 4.44. The normalized spacial score (nSPS) is 14.7. The molecule has 20 heavy (non-hydrogen) atoms. The van der Waals surface area contributed by atoms with E-state index in [1.54, 1.807) is 0 Å². The number of fused-ring (bicyclic) bond motifs is 3. The largest absolute Gasteiger partial charge is 0.291 e. The van der Waals surface area contributed by atoms with E-state index in [1.807, 2.05) is 35.6 Å². The maximum absolute atomic E-state index is 5.97. The molecular formula is C16H15ClN2S. The highest BCUT2D eigenvalue weighted by Gasteiger charge is 2.20. The van der Waals surface area contributed by atoms with Crippen molar-refractivity contribution in [1.82, 2.24) is 9.38 Å². The molecule has 102 valence electrons. The molecule has 0 radical (unpaired) electrons. The summed E-state index contributed by atoms with van der Waals surface area (Å²) in [6, 6.07) is 7.96. The maximum Gasteiger partial charge on any atom is 0.194 e. The van der Waals surface area contributed by atoms with Gasteiger partial charge in [0.05, 0.1) is 5.69 Å². The second-order valence-electron chi connectivity index (χ2n) is 5.35. The summed E-state index contributed by atoms with van der Waals surface area (Å²) < 4.78 is 2.36. The van der Waals surface area contributed by atoms with Crippen molar-refractivity contribution >= 4 is 27.9 Å². The van der Waals surface area contributed by atoms with Crippen molar-refractivity contribution in [3.05, 3.63) is 45.6 Å². The molecule has 0 spiro atoms. The van der Waals surface area contributed by atoms with E-state index in [0.717, 1.165) is 21.2 Å². The van der Waals surface area contributed by atoms with Gasteiger partial charge in [-0.15, -0.1) is 11.3 Å². The van der Waals surface area contributed by atoms with Gasteiger partial charge in [-0.05, 0) is 44.7 Å². The molecule has 2 heterocycles. The molecule has 1 aromatic carbocycles. The first-order valence-electron chi connectivity index (χ1n) is 6.99. The lowest BCUT2D eigenvalue weighted by Crippen LogP contribution is -2.03. The van der Waals surface area contributed by atoms with E-state index in [-0.39, 0.29) is 0 Å². The van der Waals surface area contributed by atoms with Crippen LogP contribution < -0.4 is 0 Å². The second-order valence-corrected chi connectivity index (χ2v) is 6.85. The summed E-state index contributed by atoms with van der Waals surface area (Å²) in [5.74, 6) is 0. The first kappa shape index (κ1) is 12.4. The molecule has 0 fully saturated rings. The van der Waals surface area contributed by atoms with Gasteiger partial charge in [-0.25, -0.2) is 4.98 Å². The number of aryl methyl sites for hydroxylation is 3. The molecule has 0 N–H and O–H groups in total. The number of hydrogen-bond donors (Lipinski definition) is 0. The molecule has 0 saturated heterocycles. The molecular weight excluding hydrogens is 288 g/mol. The van der Waals surface area contributed by atoms with E-state index < -0.39 is 0 Å². The lowest BCUT2D eigenvalue weighted by atomic mass is 10.0. The monoisotopic (exact) mass is 302 g/mol. The molecule has 0 saturated carbocycles. The summed E-state index contributed by atoms with van der Waals surface area (Å²) in [7, 11) is 0. The van der Waals surface area contributed by atoms with Crippen molar-refractivity contribution < 1.29 is 0 Å². The number of thiazole rings is 1. The summed E-state index contributed by atoms with van der Waals surface area (Å²) in [5, 5.41) is 0.768. The highest BCUT2D eigenvalue weighted by Crippen LogP contribution is 2.34. The molecule has 2 nitrogen and oxygen atoms in total. The number of imidazole rings is 1. The Kier molecular flexibility index (Phi) is 2.86. The fraction of sp³-hybridized carbons (Fsp3) is 0.312. The van der Waals surface area contributed by atoms with Gasteiger partial charge < -0.3 is 0 Å². The molecule has 4 heteroatoms. The summed E-state index contributed by atoms with van der Waals surface area (Å²) in [6.45, 7) is 2.17. The lowest BCUT2D eigenvalue weighted by molar-refractivity contribution is 0.672. The van der Waals surface area contributed by atoms with Gasteiger partial charge in [-0.3, -0.25) is 4.40 Å². The van der Waals surface area contributed by atoms with Crippen LogP contribution in [0, 0.1) is 6.92 Å². The summed E-state index contributed by atoms with van der Waals surface area (Å²) in [5.41, 5.74) is 4.97. The molecule has 0 amide bonds. The molecule has 4 rings (SSSR count). The highest BCUT2D eigenvalue weighted by atomic mass is 35.5. The van der Waals surface area contributed by atoms with E-state index in [1.165, 1.54) is 41.9 Å². The van der Waals surface area contributed by atoms with Crippen molar-refractivity contribution in [2.24, 2.45) is 0 Å². The first-order chi connectivity index (χ1) is 9.74. The minimum absolute atomic E-state index is 0.768. The maximum atomic E-state index is 5.97. The summed E-state index contributed by atoms with van der Waals surface area (Å²) in [4.78, 5) is 7.53. The van der Waals surface area contributed by atoms with Crippen LogP contribution in [0.5, 0.6) is 0 Å². The van der Waals surface area contributed by atoms with Gasteiger partial charge in [-0.1, -0.05) is 23.7 Å². The Labute approximate surface area is 127 Å². The Hall–Kier alpha value is -1.32. The van der Waals surface area contributed by atoms with Crippen molar-refractivity contribution in [2.45, 2.75) is 32.6 Å². The molecule has 0 aliphatic heterocycles. The van der Waals surface area contributed by atoms with E-state index in [0.29, 0.717) is 0 Å². The van der Waals surface area contributed by atoms with E-state index in [2.05, 4.69) is 11.3 Å². The van der Waals surface area contributed by atoms with Gasteiger partial charge in [0, 0.05) is 26.9 Å². The number of hydrogen-bond acceptors (Lipinski definition) is 2. The van der Waals surface area contributed by atoms with Crippen LogP contribution in [-0.4, -0.2) is 9.38 Å². The second kappa shape index (κ2) is 4.61. The molecule has 1 aliphatic rings. The van der Waals surface area contributed by atoms with Crippen molar-refractivity contribution in [2.75, 3.05) is 0 Å². The standard InChI is InChI=1S/C16H15ClN2S/c1-10-15(11-6-8-12(17)9-7-11)18-16-19(10)13-4-2-3-5-14(13)20-16/h6-9H,2-5H2,1H3. The zero-order chi connectivity index (χ0) is 13.7. The van der Waals surface area contributed by atoms with E-state index >= 15 is 0 Å². The van der Waals surface area contributed by atoms with Crippen LogP contribution in [0.1, 0.15) is 29.1 Å². The SMILES string of the molecule is Cc1c(-c2ccc(Cl)cc2)nc2sc3c(n12)CCCC3. The molecule has 3 aromatic rings. The van der Waals surface area contributed by atoms with Crippen molar-refractivity contribution in [3.63, 3.8) is 0 Å². The van der Waals surface area contributed by atoms with Gasteiger partial charge in [0.15, 0.2) is 4.96 Å². The minimum atomic E-state index is 0.768. The van der Waals surface area contributed by atoms with E-state index in [9.17, 15) is 0 Å². The molecule has 2 aromatic heterocycles. The number of nitrogens with zero attached hydrogens (tertiary/aromatic N) is 2. The third-order valence-corrected chi connectivity index (χ3v) is 5.46. The Morgan fingerprint density at radius 3 is 2.70 bits per heavy atom. The number of halogens is 1. The Morgan fingerprint density at radius 1 is 1.15 bits per heavy atom.